The van der Waals surface area contributed by atoms with E-state index in [0.29, 0.717) is 17.7 Å². The second-order valence-electron chi connectivity index (χ2n) is 7.41. The Balaban J connectivity index is 1.87. The SMILES string of the molecule is CC(C)CC(=O)Nc1ccc(C(=O)COC(=O)[C@H](C)NS(=O)(=O)c2ccccc2)cc1. The average Bonchev–Trinajstić information content (AvgIpc) is 2.72. The lowest BCUT2D eigenvalue weighted by atomic mass is 10.1. The second kappa shape index (κ2) is 10.8. The summed E-state index contributed by atoms with van der Waals surface area (Å²) in [4.78, 5) is 36.2. The lowest BCUT2D eigenvalue weighted by molar-refractivity contribution is -0.144. The fourth-order valence-electron chi connectivity index (χ4n) is 2.62. The number of hydrogen-bond donors (Lipinski definition) is 2. The van der Waals surface area contributed by atoms with Gasteiger partial charge < -0.3 is 10.1 Å². The minimum atomic E-state index is -3.89. The molecule has 31 heavy (non-hydrogen) atoms. The van der Waals surface area contributed by atoms with E-state index in [1.165, 1.54) is 31.2 Å². The van der Waals surface area contributed by atoms with Crippen LogP contribution in [0.4, 0.5) is 5.69 Å². The zero-order valence-corrected chi connectivity index (χ0v) is 18.4. The largest absolute Gasteiger partial charge is 0.456 e. The Morgan fingerprint density at radius 3 is 2.13 bits per heavy atom. The number of esters is 1. The van der Waals surface area contributed by atoms with Crippen molar-refractivity contribution in [3.05, 3.63) is 60.2 Å². The first-order chi connectivity index (χ1) is 14.6. The minimum absolute atomic E-state index is 0.0197. The zero-order chi connectivity index (χ0) is 23.0. The summed E-state index contributed by atoms with van der Waals surface area (Å²) in [6.07, 6.45) is 0.392. The number of sulfonamides is 1. The highest BCUT2D eigenvalue weighted by molar-refractivity contribution is 7.89. The first-order valence-electron chi connectivity index (χ1n) is 9.75. The molecule has 2 aromatic carbocycles. The number of anilines is 1. The van der Waals surface area contributed by atoms with Crippen LogP contribution in [-0.4, -0.2) is 38.7 Å². The molecule has 2 N–H and O–H groups in total. The Morgan fingerprint density at radius 1 is 0.935 bits per heavy atom. The molecule has 0 heterocycles. The van der Waals surface area contributed by atoms with Crippen LogP contribution in [0.25, 0.3) is 0 Å². The van der Waals surface area contributed by atoms with Crippen molar-refractivity contribution >= 4 is 33.4 Å². The molecular weight excluding hydrogens is 420 g/mol. The Morgan fingerprint density at radius 2 is 1.55 bits per heavy atom. The van der Waals surface area contributed by atoms with E-state index in [-0.39, 0.29) is 16.7 Å². The van der Waals surface area contributed by atoms with Gasteiger partial charge in [0.05, 0.1) is 4.90 Å². The van der Waals surface area contributed by atoms with Crippen molar-refractivity contribution in [3.63, 3.8) is 0 Å². The lowest BCUT2D eigenvalue weighted by Crippen LogP contribution is -2.40. The summed E-state index contributed by atoms with van der Waals surface area (Å²) in [6, 6.07) is 12.6. The molecule has 1 atom stereocenters. The summed E-state index contributed by atoms with van der Waals surface area (Å²) in [5.74, 6) is -1.21. The Labute approximate surface area is 182 Å². The van der Waals surface area contributed by atoms with Crippen LogP contribution >= 0.6 is 0 Å². The van der Waals surface area contributed by atoms with Gasteiger partial charge in [0.1, 0.15) is 6.04 Å². The topological polar surface area (TPSA) is 119 Å². The van der Waals surface area contributed by atoms with Gasteiger partial charge in [0.2, 0.25) is 15.9 Å². The number of ether oxygens (including phenoxy) is 1. The first-order valence-corrected chi connectivity index (χ1v) is 11.2. The number of carbonyl (C=O) groups is 3. The van der Waals surface area contributed by atoms with E-state index in [2.05, 4.69) is 10.0 Å². The van der Waals surface area contributed by atoms with Crippen molar-refractivity contribution in [1.29, 1.82) is 0 Å². The van der Waals surface area contributed by atoms with Gasteiger partial charge in [-0.2, -0.15) is 4.72 Å². The summed E-state index contributed by atoms with van der Waals surface area (Å²) in [7, 11) is -3.89. The maximum Gasteiger partial charge on any atom is 0.324 e. The zero-order valence-electron chi connectivity index (χ0n) is 17.6. The highest BCUT2D eigenvalue weighted by Crippen LogP contribution is 2.12. The van der Waals surface area contributed by atoms with Gasteiger partial charge >= 0.3 is 5.97 Å². The molecule has 0 spiro atoms. The molecule has 166 valence electrons. The predicted molar refractivity (Wildman–Crippen MR) is 116 cm³/mol. The molecule has 0 bridgehead atoms. The van der Waals surface area contributed by atoms with Crippen molar-refractivity contribution in [3.8, 4) is 0 Å². The highest BCUT2D eigenvalue weighted by Gasteiger charge is 2.23. The van der Waals surface area contributed by atoms with Crippen LogP contribution in [0.2, 0.25) is 0 Å². The number of ketones is 1. The number of amides is 1. The molecule has 1 amide bonds. The fourth-order valence-corrected chi connectivity index (χ4v) is 3.83. The summed E-state index contributed by atoms with van der Waals surface area (Å²) in [5.41, 5.74) is 0.857. The molecule has 0 unspecified atom stereocenters. The van der Waals surface area contributed by atoms with Crippen LogP contribution in [0, 0.1) is 5.92 Å². The van der Waals surface area contributed by atoms with E-state index in [9.17, 15) is 22.8 Å². The van der Waals surface area contributed by atoms with Gasteiger partial charge in [-0.15, -0.1) is 0 Å². The van der Waals surface area contributed by atoms with Crippen molar-refractivity contribution in [1.82, 2.24) is 4.72 Å². The highest BCUT2D eigenvalue weighted by atomic mass is 32.2. The third-order valence-electron chi connectivity index (χ3n) is 4.17. The molecule has 8 nitrogen and oxygen atoms in total. The summed E-state index contributed by atoms with van der Waals surface area (Å²) in [6.45, 7) is 4.68. The Bertz CT molecular complexity index is 1020. The van der Waals surface area contributed by atoms with E-state index in [4.69, 9.17) is 4.74 Å². The van der Waals surface area contributed by atoms with Gasteiger partial charge in [-0.25, -0.2) is 8.42 Å². The summed E-state index contributed by atoms with van der Waals surface area (Å²) in [5, 5.41) is 2.74. The molecule has 0 aliphatic carbocycles. The van der Waals surface area contributed by atoms with E-state index >= 15 is 0 Å². The molecule has 0 saturated carbocycles. The van der Waals surface area contributed by atoms with E-state index in [1.807, 2.05) is 13.8 Å². The molecule has 0 fully saturated rings. The quantitative estimate of drug-likeness (QED) is 0.428. The van der Waals surface area contributed by atoms with Crippen LogP contribution in [0.5, 0.6) is 0 Å². The standard InChI is InChI=1S/C22H26N2O6S/c1-15(2)13-21(26)23-18-11-9-17(10-12-18)20(25)14-30-22(27)16(3)24-31(28,29)19-7-5-4-6-8-19/h4-12,15-16,24H,13-14H2,1-3H3,(H,23,26)/t16-/m0/s1. The molecule has 0 aromatic heterocycles. The molecule has 0 radical (unpaired) electrons. The number of rotatable bonds is 10. The van der Waals surface area contributed by atoms with Gasteiger partial charge in [0.25, 0.3) is 0 Å². The number of carbonyl (C=O) groups excluding carboxylic acids is 3. The molecule has 2 aromatic rings. The van der Waals surface area contributed by atoms with E-state index < -0.39 is 34.4 Å². The molecular formula is C22H26N2O6S. The number of benzene rings is 2. The summed E-state index contributed by atoms with van der Waals surface area (Å²) >= 11 is 0. The smallest absolute Gasteiger partial charge is 0.324 e. The minimum Gasteiger partial charge on any atom is -0.456 e. The van der Waals surface area contributed by atoms with Crippen molar-refractivity contribution in [2.75, 3.05) is 11.9 Å². The monoisotopic (exact) mass is 446 g/mol. The molecule has 0 aliphatic rings. The van der Waals surface area contributed by atoms with Crippen LogP contribution < -0.4 is 10.0 Å². The fraction of sp³-hybridized carbons (Fsp3) is 0.318. The van der Waals surface area contributed by atoms with Crippen molar-refractivity contribution in [2.24, 2.45) is 5.92 Å². The third-order valence-corrected chi connectivity index (χ3v) is 5.73. The Hall–Kier alpha value is -3.04. The van der Waals surface area contributed by atoms with Crippen LogP contribution in [0.3, 0.4) is 0 Å². The van der Waals surface area contributed by atoms with Crippen LogP contribution in [-0.2, 0) is 24.3 Å². The van der Waals surface area contributed by atoms with Crippen molar-refractivity contribution in [2.45, 2.75) is 38.1 Å². The van der Waals surface area contributed by atoms with Crippen LogP contribution in [0.15, 0.2) is 59.5 Å². The van der Waals surface area contributed by atoms with E-state index in [0.717, 1.165) is 0 Å². The van der Waals surface area contributed by atoms with Crippen LogP contribution in [0.1, 0.15) is 37.6 Å². The van der Waals surface area contributed by atoms with Gasteiger partial charge in [-0.05, 0) is 49.2 Å². The second-order valence-corrected chi connectivity index (χ2v) is 9.12. The lowest BCUT2D eigenvalue weighted by Gasteiger charge is -2.13. The Kier molecular flexibility index (Phi) is 8.47. The maximum atomic E-state index is 12.3. The predicted octanol–water partition coefficient (Wildman–Crippen LogP) is 2.76. The van der Waals surface area contributed by atoms with Gasteiger partial charge in [-0.1, -0.05) is 32.0 Å². The number of hydrogen-bond acceptors (Lipinski definition) is 6. The number of nitrogens with one attached hydrogen (secondary N) is 2. The number of Topliss-reactive ketones (excluding diaryl/α,β-unsaturated/α-hetero) is 1. The molecule has 2 rings (SSSR count). The molecule has 0 saturated heterocycles. The molecule has 0 aliphatic heterocycles. The average molecular weight is 447 g/mol. The summed E-state index contributed by atoms with van der Waals surface area (Å²) < 4.78 is 31.7. The normalized spacial score (nSPS) is 12.3. The van der Waals surface area contributed by atoms with Gasteiger partial charge in [0.15, 0.2) is 12.4 Å². The van der Waals surface area contributed by atoms with E-state index in [1.54, 1.807) is 30.3 Å². The first kappa shape index (κ1) is 24.2. The van der Waals surface area contributed by atoms with Gasteiger partial charge in [0, 0.05) is 17.7 Å². The van der Waals surface area contributed by atoms with Gasteiger partial charge in [-0.3, -0.25) is 14.4 Å². The van der Waals surface area contributed by atoms with Crippen molar-refractivity contribution < 1.29 is 27.5 Å². The third kappa shape index (κ3) is 7.62. The molecule has 9 heteroatoms. The maximum absolute atomic E-state index is 12.3.